The third kappa shape index (κ3) is 2.98. The average Bonchev–Trinajstić information content (AvgIpc) is 2.28. The number of quaternary nitrogens is 1. The molecule has 2 aromatic rings. The van der Waals surface area contributed by atoms with E-state index in [0.717, 1.165) is 17.7 Å². The van der Waals surface area contributed by atoms with Crippen LogP contribution in [0.15, 0.2) is 30.6 Å². The van der Waals surface area contributed by atoms with Crippen LogP contribution in [-0.2, 0) is 0 Å². The summed E-state index contributed by atoms with van der Waals surface area (Å²) >= 11 is 0. The number of rotatable bonds is 3. The lowest BCUT2D eigenvalue weighted by atomic mass is 10.2. The molecule has 94 valence electrons. The highest BCUT2D eigenvalue weighted by atomic mass is 19.1. The molecule has 0 bridgehead atoms. The molecule has 1 heterocycles. The summed E-state index contributed by atoms with van der Waals surface area (Å²) in [6, 6.07) is 7.81. The van der Waals surface area contributed by atoms with E-state index in [1.807, 2.05) is 24.3 Å². The summed E-state index contributed by atoms with van der Waals surface area (Å²) in [6.45, 7) is 0. The van der Waals surface area contributed by atoms with E-state index in [2.05, 4.69) is 41.4 Å². The molecule has 0 spiro atoms. The number of benzene rings is 1. The van der Waals surface area contributed by atoms with Crippen molar-refractivity contribution in [3.63, 3.8) is 0 Å². The molecule has 0 aliphatic carbocycles. The molecule has 5 nitrogen and oxygen atoms in total. The van der Waals surface area contributed by atoms with Gasteiger partial charge in [0.1, 0.15) is 12.0 Å². The van der Waals surface area contributed by atoms with Gasteiger partial charge in [0.2, 0.25) is 5.95 Å². The predicted octanol–water partition coefficient (Wildman–Crippen LogP) is 1.95. The van der Waals surface area contributed by atoms with E-state index in [1.54, 1.807) is 0 Å². The van der Waals surface area contributed by atoms with Crippen molar-refractivity contribution in [2.24, 2.45) is 0 Å². The standard InChI is InChI=1S/C12H15FN5/c1-18(2,3)10-6-4-5-9(7-10)16-12-15-8-14-11(13)17-12/h4-8H,1-3H3,(H,14,15,16,17)/q+1. The van der Waals surface area contributed by atoms with E-state index < -0.39 is 6.08 Å². The van der Waals surface area contributed by atoms with E-state index in [-0.39, 0.29) is 5.95 Å². The van der Waals surface area contributed by atoms with E-state index >= 15 is 0 Å². The second kappa shape index (κ2) is 4.66. The van der Waals surface area contributed by atoms with Gasteiger partial charge in [-0.3, -0.25) is 4.48 Å². The Bertz CT molecular complexity index is 550. The van der Waals surface area contributed by atoms with Crippen LogP contribution in [0, 0.1) is 6.08 Å². The molecule has 0 saturated heterocycles. The Labute approximate surface area is 105 Å². The monoisotopic (exact) mass is 248 g/mol. The zero-order chi connectivity index (χ0) is 13.2. The van der Waals surface area contributed by atoms with Crippen LogP contribution in [-0.4, -0.2) is 36.1 Å². The molecule has 18 heavy (non-hydrogen) atoms. The Kier molecular flexibility index (Phi) is 3.20. The van der Waals surface area contributed by atoms with Gasteiger partial charge in [-0.25, -0.2) is 4.98 Å². The molecule has 0 atom stereocenters. The third-order valence-corrected chi connectivity index (χ3v) is 2.42. The summed E-state index contributed by atoms with van der Waals surface area (Å²) < 4.78 is 13.5. The Hall–Kier alpha value is -2.08. The molecule has 0 aliphatic heterocycles. The molecule has 6 heteroatoms. The van der Waals surface area contributed by atoms with Crippen molar-refractivity contribution in [3.8, 4) is 0 Å². The zero-order valence-corrected chi connectivity index (χ0v) is 10.6. The van der Waals surface area contributed by atoms with Crippen molar-refractivity contribution < 1.29 is 4.39 Å². The van der Waals surface area contributed by atoms with Crippen molar-refractivity contribution in [1.82, 2.24) is 19.4 Å². The molecule has 1 aromatic heterocycles. The van der Waals surface area contributed by atoms with Gasteiger partial charge in [0.25, 0.3) is 0 Å². The van der Waals surface area contributed by atoms with Gasteiger partial charge in [-0.05, 0) is 12.1 Å². The first-order valence-corrected chi connectivity index (χ1v) is 5.49. The first-order chi connectivity index (χ1) is 8.45. The van der Waals surface area contributed by atoms with Gasteiger partial charge in [-0.2, -0.15) is 14.4 Å². The topological polar surface area (TPSA) is 50.7 Å². The number of hydrogen-bond acceptors (Lipinski definition) is 4. The normalized spacial score (nSPS) is 11.3. The highest BCUT2D eigenvalue weighted by Gasteiger charge is 2.12. The van der Waals surface area contributed by atoms with Crippen LogP contribution in [0.25, 0.3) is 0 Å². The molecule has 0 radical (unpaired) electrons. The second-order valence-corrected chi connectivity index (χ2v) is 4.77. The van der Waals surface area contributed by atoms with Gasteiger partial charge in [0, 0.05) is 11.8 Å². The van der Waals surface area contributed by atoms with Gasteiger partial charge in [0.15, 0.2) is 0 Å². The van der Waals surface area contributed by atoms with Crippen LogP contribution in [0.3, 0.4) is 0 Å². The lowest BCUT2D eigenvalue weighted by Crippen LogP contribution is -2.34. The fraction of sp³-hybridized carbons (Fsp3) is 0.250. The van der Waals surface area contributed by atoms with Crippen molar-refractivity contribution in [2.75, 3.05) is 26.5 Å². The smallest absolute Gasteiger partial charge is 0.313 e. The van der Waals surface area contributed by atoms with E-state index in [4.69, 9.17) is 0 Å². The molecule has 2 rings (SSSR count). The van der Waals surface area contributed by atoms with Crippen LogP contribution in [0.5, 0.6) is 0 Å². The Balaban J connectivity index is 2.25. The summed E-state index contributed by atoms with van der Waals surface area (Å²) in [5.41, 5.74) is 1.93. The van der Waals surface area contributed by atoms with Crippen LogP contribution in [0.1, 0.15) is 0 Å². The molecule has 0 fully saturated rings. The quantitative estimate of drug-likeness (QED) is 0.843. The van der Waals surface area contributed by atoms with Crippen LogP contribution in [0.4, 0.5) is 21.7 Å². The van der Waals surface area contributed by atoms with Crippen LogP contribution >= 0.6 is 0 Å². The highest BCUT2D eigenvalue weighted by molar-refractivity contribution is 5.60. The average molecular weight is 248 g/mol. The number of aromatic nitrogens is 3. The molecule has 1 aromatic carbocycles. The maximum atomic E-state index is 12.8. The van der Waals surface area contributed by atoms with E-state index in [1.165, 1.54) is 0 Å². The Morgan fingerprint density at radius 1 is 1.17 bits per heavy atom. The molecule has 0 unspecified atom stereocenters. The van der Waals surface area contributed by atoms with Crippen LogP contribution < -0.4 is 9.80 Å². The van der Waals surface area contributed by atoms with Gasteiger partial charge < -0.3 is 5.32 Å². The van der Waals surface area contributed by atoms with Gasteiger partial charge in [-0.15, -0.1) is 0 Å². The number of anilines is 2. The van der Waals surface area contributed by atoms with Crippen molar-refractivity contribution >= 4 is 17.3 Å². The van der Waals surface area contributed by atoms with E-state index in [9.17, 15) is 4.39 Å². The van der Waals surface area contributed by atoms with Crippen molar-refractivity contribution in [1.29, 1.82) is 0 Å². The number of halogens is 1. The maximum Gasteiger partial charge on any atom is 0.313 e. The first-order valence-electron chi connectivity index (χ1n) is 5.49. The van der Waals surface area contributed by atoms with Crippen LogP contribution in [0.2, 0.25) is 0 Å². The van der Waals surface area contributed by atoms with Gasteiger partial charge in [0.05, 0.1) is 21.1 Å². The lowest BCUT2D eigenvalue weighted by Gasteiger charge is -2.23. The van der Waals surface area contributed by atoms with Crippen molar-refractivity contribution in [3.05, 3.63) is 36.7 Å². The SMILES string of the molecule is C[N+](C)(C)c1cccc(Nc2ncnc(F)n2)c1. The fourth-order valence-corrected chi connectivity index (χ4v) is 1.47. The predicted molar refractivity (Wildman–Crippen MR) is 69.1 cm³/mol. The van der Waals surface area contributed by atoms with E-state index in [0.29, 0.717) is 4.48 Å². The molecular weight excluding hydrogens is 233 g/mol. The highest BCUT2D eigenvalue weighted by Crippen LogP contribution is 2.22. The Morgan fingerprint density at radius 3 is 2.61 bits per heavy atom. The summed E-state index contributed by atoms with van der Waals surface area (Å²) in [6.07, 6.45) is 0.337. The summed E-state index contributed by atoms with van der Waals surface area (Å²) in [5, 5.41) is 2.94. The number of nitrogens with zero attached hydrogens (tertiary/aromatic N) is 4. The molecular formula is C12H15FN5+. The minimum atomic E-state index is -0.796. The minimum absolute atomic E-state index is 0.195. The molecule has 1 N–H and O–H groups in total. The zero-order valence-electron chi connectivity index (χ0n) is 10.6. The van der Waals surface area contributed by atoms with Crippen molar-refractivity contribution in [2.45, 2.75) is 0 Å². The molecule has 0 saturated carbocycles. The lowest BCUT2D eigenvalue weighted by molar-refractivity contribution is 0.486. The number of hydrogen-bond donors (Lipinski definition) is 1. The number of nitrogens with one attached hydrogen (secondary N) is 1. The maximum absolute atomic E-state index is 12.8. The summed E-state index contributed by atoms with van der Waals surface area (Å²) in [7, 11) is 6.21. The first kappa shape index (κ1) is 12.4. The van der Waals surface area contributed by atoms with Gasteiger partial charge in [-0.1, -0.05) is 6.07 Å². The largest absolute Gasteiger partial charge is 0.324 e. The minimum Gasteiger partial charge on any atom is -0.324 e. The summed E-state index contributed by atoms with van der Waals surface area (Å²) in [4.78, 5) is 10.7. The molecule has 0 amide bonds. The Morgan fingerprint density at radius 2 is 1.94 bits per heavy atom. The summed E-state index contributed by atoms with van der Waals surface area (Å²) in [5.74, 6) is 0.195. The van der Waals surface area contributed by atoms with Gasteiger partial charge >= 0.3 is 6.08 Å². The fourth-order valence-electron chi connectivity index (χ4n) is 1.47. The molecule has 0 aliphatic rings. The second-order valence-electron chi connectivity index (χ2n) is 4.77. The third-order valence-electron chi connectivity index (χ3n) is 2.42.